The average molecular weight is 282 g/mol. The molecular weight excluding hydrogens is 264 g/mol. The molecule has 3 nitrogen and oxygen atoms in total. The second-order valence-electron chi connectivity index (χ2n) is 5.86. The van der Waals surface area contributed by atoms with Gasteiger partial charge in [0.15, 0.2) is 11.5 Å². The number of aromatic hydroxyl groups is 1. The van der Waals surface area contributed by atoms with Crippen molar-refractivity contribution in [3.8, 4) is 17.2 Å². The summed E-state index contributed by atoms with van der Waals surface area (Å²) in [5.41, 5.74) is 2.05. The van der Waals surface area contributed by atoms with Crippen molar-refractivity contribution in [3.63, 3.8) is 0 Å². The van der Waals surface area contributed by atoms with E-state index < -0.39 is 0 Å². The molecule has 0 bridgehead atoms. The van der Waals surface area contributed by atoms with Gasteiger partial charge in [0.05, 0.1) is 7.11 Å². The second-order valence-corrected chi connectivity index (χ2v) is 5.86. The van der Waals surface area contributed by atoms with Gasteiger partial charge in [-0.3, -0.25) is 0 Å². The van der Waals surface area contributed by atoms with Gasteiger partial charge < -0.3 is 14.6 Å². The highest BCUT2D eigenvalue weighted by Crippen LogP contribution is 2.60. The third-order valence-corrected chi connectivity index (χ3v) is 4.85. The zero-order valence-electron chi connectivity index (χ0n) is 12.0. The molecule has 1 saturated carbocycles. The number of hydrogen-bond acceptors (Lipinski definition) is 3. The van der Waals surface area contributed by atoms with E-state index in [-0.39, 0.29) is 11.4 Å². The Bertz CT molecular complexity index is 680. The van der Waals surface area contributed by atoms with E-state index >= 15 is 0 Å². The van der Waals surface area contributed by atoms with Crippen LogP contribution < -0.4 is 9.47 Å². The van der Waals surface area contributed by atoms with Crippen LogP contribution in [0.1, 0.15) is 36.3 Å². The van der Waals surface area contributed by atoms with Crippen LogP contribution in [0.4, 0.5) is 0 Å². The molecule has 0 saturated heterocycles. The Morgan fingerprint density at radius 2 is 2.05 bits per heavy atom. The van der Waals surface area contributed by atoms with Crippen LogP contribution in [0.3, 0.4) is 0 Å². The monoisotopic (exact) mass is 282 g/mol. The number of rotatable bonds is 2. The van der Waals surface area contributed by atoms with Crippen LogP contribution in [0.5, 0.6) is 17.2 Å². The fraction of sp³-hybridized carbons (Fsp3) is 0.333. The molecule has 1 heterocycles. The largest absolute Gasteiger partial charge is 0.504 e. The van der Waals surface area contributed by atoms with Gasteiger partial charge in [-0.2, -0.15) is 0 Å². The summed E-state index contributed by atoms with van der Waals surface area (Å²) >= 11 is 0. The minimum Gasteiger partial charge on any atom is -0.504 e. The van der Waals surface area contributed by atoms with E-state index in [0.29, 0.717) is 11.7 Å². The van der Waals surface area contributed by atoms with Crippen molar-refractivity contribution in [2.75, 3.05) is 7.11 Å². The summed E-state index contributed by atoms with van der Waals surface area (Å²) in [6.45, 7) is 0. The van der Waals surface area contributed by atoms with E-state index in [4.69, 9.17) is 9.47 Å². The normalized spacial score (nSPS) is 26.0. The Balaban J connectivity index is 1.85. The zero-order valence-corrected chi connectivity index (χ0v) is 12.0. The minimum atomic E-state index is -0.275. The number of ether oxygens (including phenoxy) is 2. The Morgan fingerprint density at radius 1 is 1.24 bits per heavy atom. The lowest BCUT2D eigenvalue weighted by Gasteiger charge is -2.29. The van der Waals surface area contributed by atoms with Crippen molar-refractivity contribution in [1.82, 2.24) is 0 Å². The first kappa shape index (κ1) is 12.6. The first-order valence-electron chi connectivity index (χ1n) is 7.40. The molecule has 108 valence electrons. The summed E-state index contributed by atoms with van der Waals surface area (Å²) < 4.78 is 11.6. The summed E-state index contributed by atoms with van der Waals surface area (Å²) in [4.78, 5) is 0. The van der Waals surface area contributed by atoms with E-state index in [1.54, 1.807) is 7.11 Å². The fourth-order valence-electron chi connectivity index (χ4n) is 3.92. The van der Waals surface area contributed by atoms with Crippen molar-refractivity contribution in [1.29, 1.82) is 0 Å². The van der Waals surface area contributed by atoms with Crippen molar-refractivity contribution < 1.29 is 14.6 Å². The highest BCUT2D eigenvalue weighted by molar-refractivity contribution is 5.56. The summed E-state index contributed by atoms with van der Waals surface area (Å²) in [6, 6.07) is 14.1. The second kappa shape index (κ2) is 4.42. The molecule has 2 aromatic carbocycles. The number of hydrogen-bond donors (Lipinski definition) is 1. The van der Waals surface area contributed by atoms with E-state index in [9.17, 15) is 5.11 Å². The summed E-state index contributed by atoms with van der Waals surface area (Å²) in [5.74, 6) is 1.82. The Morgan fingerprint density at radius 3 is 2.81 bits per heavy atom. The summed E-state index contributed by atoms with van der Waals surface area (Å²) in [5, 5.41) is 10.1. The van der Waals surface area contributed by atoms with E-state index in [2.05, 4.69) is 24.3 Å². The molecule has 4 rings (SSSR count). The highest BCUT2D eigenvalue weighted by Gasteiger charge is 2.52. The lowest BCUT2D eigenvalue weighted by Crippen LogP contribution is -2.30. The maximum atomic E-state index is 10.1. The third kappa shape index (κ3) is 1.67. The third-order valence-electron chi connectivity index (χ3n) is 4.85. The quantitative estimate of drug-likeness (QED) is 0.906. The first-order chi connectivity index (χ1) is 10.2. The van der Waals surface area contributed by atoms with Crippen molar-refractivity contribution in [3.05, 3.63) is 53.6 Å². The molecule has 2 unspecified atom stereocenters. The van der Waals surface area contributed by atoms with Crippen LogP contribution in [-0.4, -0.2) is 12.2 Å². The van der Waals surface area contributed by atoms with Crippen LogP contribution in [0.15, 0.2) is 42.5 Å². The van der Waals surface area contributed by atoms with Crippen LogP contribution in [0.25, 0.3) is 0 Å². The predicted octanol–water partition coefficient (Wildman–Crippen LogP) is 3.96. The SMILES string of the molecule is COc1cc2c(cc1O)C1CCCC1(c1ccccc1)O2. The van der Waals surface area contributed by atoms with Gasteiger partial charge >= 0.3 is 0 Å². The molecule has 3 heteroatoms. The van der Waals surface area contributed by atoms with Gasteiger partial charge in [-0.05, 0) is 30.9 Å². The van der Waals surface area contributed by atoms with Crippen molar-refractivity contribution in [2.45, 2.75) is 30.8 Å². The molecule has 0 aromatic heterocycles. The van der Waals surface area contributed by atoms with E-state index in [0.717, 1.165) is 30.6 Å². The number of methoxy groups -OCH3 is 1. The van der Waals surface area contributed by atoms with Gasteiger partial charge in [-0.15, -0.1) is 0 Å². The summed E-state index contributed by atoms with van der Waals surface area (Å²) in [6.07, 6.45) is 3.25. The van der Waals surface area contributed by atoms with Crippen LogP contribution >= 0.6 is 0 Å². The highest BCUT2D eigenvalue weighted by atomic mass is 16.5. The standard InChI is InChI=1S/C18H18O3/c1-20-17-11-16-13(10-15(17)19)14-8-5-9-18(14,21-16)12-6-3-2-4-7-12/h2-4,6-7,10-11,14,19H,5,8-9H2,1H3. The van der Waals surface area contributed by atoms with Crippen LogP contribution in [-0.2, 0) is 5.60 Å². The number of phenolic OH excluding ortho intramolecular Hbond substituents is 1. The number of phenols is 1. The topological polar surface area (TPSA) is 38.7 Å². The Labute approximate surface area is 124 Å². The van der Waals surface area contributed by atoms with Gasteiger partial charge in [-0.25, -0.2) is 0 Å². The number of fused-ring (bicyclic) bond motifs is 3. The molecule has 1 aliphatic carbocycles. The van der Waals surface area contributed by atoms with Crippen molar-refractivity contribution in [2.24, 2.45) is 0 Å². The molecule has 0 radical (unpaired) electrons. The molecular formula is C18H18O3. The van der Waals surface area contributed by atoms with Crippen LogP contribution in [0, 0.1) is 0 Å². The average Bonchev–Trinajstić information content (AvgIpc) is 3.05. The maximum Gasteiger partial charge on any atom is 0.164 e. The smallest absolute Gasteiger partial charge is 0.164 e. The fourth-order valence-corrected chi connectivity index (χ4v) is 3.92. The minimum absolute atomic E-state index is 0.190. The van der Waals surface area contributed by atoms with Gasteiger partial charge in [0.25, 0.3) is 0 Å². The number of benzene rings is 2. The lowest BCUT2D eigenvalue weighted by molar-refractivity contribution is 0.0839. The molecule has 1 aliphatic heterocycles. The first-order valence-corrected chi connectivity index (χ1v) is 7.40. The van der Waals surface area contributed by atoms with Crippen LogP contribution in [0.2, 0.25) is 0 Å². The van der Waals surface area contributed by atoms with E-state index in [1.165, 1.54) is 5.56 Å². The van der Waals surface area contributed by atoms with Gasteiger partial charge in [0.1, 0.15) is 11.4 Å². The molecule has 2 aliphatic rings. The van der Waals surface area contributed by atoms with E-state index in [1.807, 2.05) is 18.2 Å². The Kier molecular flexibility index (Phi) is 2.64. The van der Waals surface area contributed by atoms with Gasteiger partial charge in [0, 0.05) is 17.5 Å². The van der Waals surface area contributed by atoms with Gasteiger partial charge in [0.2, 0.25) is 0 Å². The molecule has 0 amide bonds. The molecule has 2 atom stereocenters. The van der Waals surface area contributed by atoms with Gasteiger partial charge in [-0.1, -0.05) is 30.3 Å². The predicted molar refractivity (Wildman–Crippen MR) is 80.0 cm³/mol. The van der Waals surface area contributed by atoms with Crippen molar-refractivity contribution >= 4 is 0 Å². The molecule has 0 spiro atoms. The summed E-state index contributed by atoms with van der Waals surface area (Å²) in [7, 11) is 1.56. The zero-order chi connectivity index (χ0) is 14.4. The molecule has 1 N–H and O–H groups in total. The Hall–Kier alpha value is -2.16. The molecule has 2 aromatic rings. The lowest BCUT2D eigenvalue weighted by atomic mass is 9.82. The molecule has 1 fully saturated rings. The molecule has 21 heavy (non-hydrogen) atoms. The maximum absolute atomic E-state index is 10.1.